The Bertz CT molecular complexity index is 1200. The van der Waals surface area contributed by atoms with E-state index in [9.17, 15) is 14.0 Å². The molecule has 1 aromatic heterocycles. The summed E-state index contributed by atoms with van der Waals surface area (Å²) in [5.41, 5.74) is 4.04. The van der Waals surface area contributed by atoms with Gasteiger partial charge in [-0.2, -0.15) is 0 Å². The van der Waals surface area contributed by atoms with E-state index in [4.69, 9.17) is 0 Å². The van der Waals surface area contributed by atoms with Crippen LogP contribution in [0.2, 0.25) is 0 Å². The van der Waals surface area contributed by atoms with Crippen LogP contribution in [0.25, 0.3) is 0 Å². The number of hydrogen-bond donors (Lipinski definition) is 1. The van der Waals surface area contributed by atoms with Gasteiger partial charge in [0.25, 0.3) is 0 Å². The first-order valence-electron chi connectivity index (χ1n) is 12.1. The molecule has 3 rings (SSSR count). The molecule has 2 aromatic carbocycles. The number of halogens is 1. The fraction of sp³-hybridized carbons (Fsp3) is 0.357. The van der Waals surface area contributed by atoms with Crippen LogP contribution >= 0.6 is 11.8 Å². The normalized spacial score (nSPS) is 11.8. The minimum Gasteiger partial charge on any atom is -0.378 e. The molecule has 9 heteroatoms. The number of nitrogens with zero attached hydrogens (tertiary/aromatic N) is 4. The Kier molecular flexibility index (Phi) is 9.63. The molecule has 0 fully saturated rings. The minimum atomic E-state index is -0.744. The maximum absolute atomic E-state index is 13.6. The second-order valence-electron chi connectivity index (χ2n) is 9.49. The number of aryl methyl sites for hydroxylation is 2. The SMILES string of the molecule is Cc1cc(C)nc(SCC(=O)N(Cc2ccc(F)cc2)[C@@H](C(=O)Nc2ccc(N(C)C)cc2)C(C)C)n1. The molecule has 7 nitrogen and oxygen atoms in total. The minimum absolute atomic E-state index is 0.0676. The second kappa shape index (κ2) is 12.7. The van der Waals surface area contributed by atoms with E-state index >= 15 is 0 Å². The summed E-state index contributed by atoms with van der Waals surface area (Å²) >= 11 is 1.24. The number of nitrogens with one attached hydrogen (secondary N) is 1. The fourth-order valence-electron chi connectivity index (χ4n) is 3.96. The highest BCUT2D eigenvalue weighted by Crippen LogP contribution is 2.23. The summed E-state index contributed by atoms with van der Waals surface area (Å²) in [5.74, 6) is -0.973. The molecule has 1 heterocycles. The Hall–Kier alpha value is -3.46. The van der Waals surface area contributed by atoms with E-state index in [1.54, 1.807) is 17.0 Å². The lowest BCUT2D eigenvalue weighted by molar-refractivity contribution is -0.138. The molecular weight excluding hydrogens is 489 g/mol. The van der Waals surface area contributed by atoms with Crippen molar-refractivity contribution in [3.05, 3.63) is 77.4 Å². The molecule has 0 aliphatic carbocycles. The lowest BCUT2D eigenvalue weighted by Crippen LogP contribution is -2.50. The number of carbonyl (C=O) groups excluding carboxylic acids is 2. The van der Waals surface area contributed by atoms with Gasteiger partial charge in [0.1, 0.15) is 11.9 Å². The van der Waals surface area contributed by atoms with Crippen LogP contribution in [0, 0.1) is 25.6 Å². The van der Waals surface area contributed by atoms with Crippen molar-refractivity contribution in [1.29, 1.82) is 0 Å². The van der Waals surface area contributed by atoms with E-state index in [0.29, 0.717) is 10.8 Å². The third-order valence-electron chi connectivity index (χ3n) is 5.76. The Labute approximate surface area is 222 Å². The quantitative estimate of drug-likeness (QED) is 0.295. The maximum Gasteiger partial charge on any atom is 0.247 e. The van der Waals surface area contributed by atoms with Gasteiger partial charge in [-0.1, -0.05) is 37.7 Å². The molecule has 1 atom stereocenters. The number of thioether (sulfide) groups is 1. The van der Waals surface area contributed by atoms with E-state index in [1.807, 2.05) is 77.0 Å². The van der Waals surface area contributed by atoms with E-state index in [0.717, 1.165) is 22.6 Å². The van der Waals surface area contributed by atoms with Crippen LogP contribution in [-0.2, 0) is 16.1 Å². The Morgan fingerprint density at radius 1 is 0.973 bits per heavy atom. The molecule has 3 aromatic rings. The molecule has 1 N–H and O–H groups in total. The number of hydrogen-bond acceptors (Lipinski definition) is 6. The first-order chi connectivity index (χ1) is 17.5. The van der Waals surface area contributed by atoms with Crippen molar-refractivity contribution in [2.75, 3.05) is 30.1 Å². The zero-order valence-electron chi connectivity index (χ0n) is 22.2. The number of amides is 2. The van der Waals surface area contributed by atoms with Crippen LogP contribution < -0.4 is 10.2 Å². The van der Waals surface area contributed by atoms with Crippen molar-refractivity contribution in [1.82, 2.24) is 14.9 Å². The zero-order valence-corrected chi connectivity index (χ0v) is 23.0. The molecule has 0 saturated heterocycles. The van der Waals surface area contributed by atoms with E-state index in [1.165, 1.54) is 23.9 Å². The molecule has 0 bridgehead atoms. The number of carbonyl (C=O) groups is 2. The van der Waals surface area contributed by atoms with Crippen molar-refractivity contribution < 1.29 is 14.0 Å². The number of rotatable bonds is 10. The van der Waals surface area contributed by atoms with Crippen molar-refractivity contribution in [3.63, 3.8) is 0 Å². The summed E-state index contributed by atoms with van der Waals surface area (Å²) in [7, 11) is 3.89. The van der Waals surface area contributed by atoms with E-state index in [-0.39, 0.29) is 35.8 Å². The topological polar surface area (TPSA) is 78.4 Å². The van der Waals surface area contributed by atoms with Gasteiger partial charge in [-0.3, -0.25) is 9.59 Å². The fourth-order valence-corrected chi connectivity index (χ4v) is 4.79. The van der Waals surface area contributed by atoms with Gasteiger partial charge in [0, 0.05) is 43.4 Å². The first-order valence-corrected chi connectivity index (χ1v) is 13.1. The van der Waals surface area contributed by atoms with E-state index in [2.05, 4.69) is 15.3 Å². The summed E-state index contributed by atoms with van der Waals surface area (Å²) < 4.78 is 13.5. The molecule has 0 saturated carbocycles. The van der Waals surface area contributed by atoms with Crippen molar-refractivity contribution in [2.45, 2.75) is 45.4 Å². The Balaban J connectivity index is 1.85. The molecular formula is C28H34FN5O2S. The summed E-state index contributed by atoms with van der Waals surface area (Å²) in [5, 5.41) is 3.48. The van der Waals surface area contributed by atoms with Crippen molar-refractivity contribution in [2.24, 2.45) is 5.92 Å². The number of benzene rings is 2. The number of aromatic nitrogens is 2. The average molecular weight is 524 g/mol. The summed E-state index contributed by atoms with van der Waals surface area (Å²) in [6, 6.07) is 14.6. The first kappa shape index (κ1) is 28.1. The Morgan fingerprint density at radius 3 is 2.11 bits per heavy atom. The van der Waals surface area contributed by atoms with Crippen LogP contribution in [0.1, 0.15) is 30.8 Å². The summed E-state index contributed by atoms with van der Waals surface area (Å²) in [4.78, 5) is 39.4. The number of anilines is 2. The Morgan fingerprint density at radius 2 is 1.57 bits per heavy atom. The zero-order chi connectivity index (χ0) is 27.1. The molecule has 0 spiro atoms. The van der Waals surface area contributed by atoms with Gasteiger partial charge in [-0.15, -0.1) is 0 Å². The van der Waals surface area contributed by atoms with E-state index < -0.39 is 6.04 Å². The van der Waals surface area contributed by atoms with Gasteiger partial charge in [0.15, 0.2) is 5.16 Å². The highest BCUT2D eigenvalue weighted by Gasteiger charge is 2.33. The van der Waals surface area contributed by atoms with Gasteiger partial charge in [0.05, 0.1) is 5.75 Å². The smallest absolute Gasteiger partial charge is 0.247 e. The van der Waals surface area contributed by atoms with Gasteiger partial charge in [0.2, 0.25) is 11.8 Å². The van der Waals surface area contributed by atoms with Gasteiger partial charge >= 0.3 is 0 Å². The molecule has 196 valence electrons. The molecule has 0 radical (unpaired) electrons. The monoisotopic (exact) mass is 523 g/mol. The predicted octanol–water partition coefficient (Wildman–Crippen LogP) is 5.08. The standard InChI is InChI=1S/C28H34FN5O2S/c1-18(2)26(27(36)32-23-11-13-24(14-12-23)33(5)6)34(16-21-7-9-22(29)10-8-21)25(35)17-37-28-30-19(3)15-20(4)31-28/h7-15,18,26H,16-17H2,1-6H3,(H,32,36)/t26-/m1/s1. The van der Waals surface area contributed by atoms with Gasteiger partial charge in [-0.25, -0.2) is 14.4 Å². The molecule has 0 unspecified atom stereocenters. The lowest BCUT2D eigenvalue weighted by Gasteiger charge is -2.33. The second-order valence-corrected chi connectivity index (χ2v) is 10.4. The largest absolute Gasteiger partial charge is 0.378 e. The molecule has 0 aliphatic rings. The van der Waals surface area contributed by atoms with Gasteiger partial charge < -0.3 is 15.1 Å². The van der Waals surface area contributed by atoms with Crippen LogP contribution in [-0.4, -0.2) is 52.6 Å². The van der Waals surface area contributed by atoms with Crippen LogP contribution in [0.4, 0.5) is 15.8 Å². The predicted molar refractivity (Wildman–Crippen MR) is 147 cm³/mol. The van der Waals surface area contributed by atoms with Crippen LogP contribution in [0.15, 0.2) is 59.8 Å². The van der Waals surface area contributed by atoms with Crippen LogP contribution in [0.3, 0.4) is 0 Å². The van der Waals surface area contributed by atoms with Crippen LogP contribution in [0.5, 0.6) is 0 Å². The molecule has 2 amide bonds. The maximum atomic E-state index is 13.6. The summed E-state index contributed by atoms with van der Waals surface area (Å²) in [6.45, 7) is 7.75. The van der Waals surface area contributed by atoms with Crippen molar-refractivity contribution in [3.8, 4) is 0 Å². The lowest BCUT2D eigenvalue weighted by atomic mass is 10.00. The third-order valence-corrected chi connectivity index (χ3v) is 6.59. The van der Waals surface area contributed by atoms with Gasteiger partial charge in [-0.05, 0) is 67.8 Å². The van der Waals surface area contributed by atoms with Crippen molar-refractivity contribution >= 4 is 35.0 Å². The third kappa shape index (κ3) is 8.01. The average Bonchev–Trinajstić information content (AvgIpc) is 2.83. The highest BCUT2D eigenvalue weighted by atomic mass is 32.2. The summed E-state index contributed by atoms with van der Waals surface area (Å²) in [6.07, 6.45) is 0. The molecule has 37 heavy (non-hydrogen) atoms. The molecule has 0 aliphatic heterocycles. The highest BCUT2D eigenvalue weighted by molar-refractivity contribution is 7.99.